The SMILES string of the molecule is CC[C@@H](C)NS(=O)(=O)c1ccc(C(=O)NN(C)c2ccccc2)cc1. The summed E-state index contributed by atoms with van der Waals surface area (Å²) < 4.78 is 27.0. The number of carbonyl (C=O) groups excluding carboxylic acids is 1. The molecule has 1 atom stereocenters. The number of hydrogen-bond donors (Lipinski definition) is 2. The van der Waals surface area contributed by atoms with Gasteiger partial charge in [0.25, 0.3) is 5.91 Å². The monoisotopic (exact) mass is 361 g/mol. The summed E-state index contributed by atoms with van der Waals surface area (Å²) in [4.78, 5) is 12.4. The van der Waals surface area contributed by atoms with Gasteiger partial charge in [0, 0.05) is 18.7 Å². The number of nitrogens with zero attached hydrogens (tertiary/aromatic N) is 1. The van der Waals surface area contributed by atoms with Crippen LogP contribution in [0, 0.1) is 0 Å². The summed E-state index contributed by atoms with van der Waals surface area (Å²) in [7, 11) is -1.83. The topological polar surface area (TPSA) is 78.5 Å². The Morgan fingerprint density at radius 1 is 1.08 bits per heavy atom. The van der Waals surface area contributed by atoms with Crippen LogP contribution in [0.25, 0.3) is 0 Å². The molecule has 0 spiro atoms. The molecule has 0 aliphatic carbocycles. The van der Waals surface area contributed by atoms with Gasteiger partial charge < -0.3 is 0 Å². The molecule has 2 aromatic rings. The third kappa shape index (κ3) is 5.04. The van der Waals surface area contributed by atoms with Crippen molar-refractivity contribution in [1.82, 2.24) is 10.1 Å². The molecule has 134 valence electrons. The fraction of sp³-hybridized carbons (Fsp3) is 0.278. The van der Waals surface area contributed by atoms with Crippen molar-refractivity contribution >= 4 is 21.6 Å². The quantitative estimate of drug-likeness (QED) is 0.743. The number of nitrogens with one attached hydrogen (secondary N) is 2. The van der Waals surface area contributed by atoms with Gasteiger partial charge in [0.05, 0.1) is 10.6 Å². The first-order chi connectivity index (χ1) is 11.8. The molecule has 0 fully saturated rings. The van der Waals surface area contributed by atoms with Crippen LogP contribution in [-0.2, 0) is 10.0 Å². The van der Waals surface area contributed by atoms with Gasteiger partial charge in [-0.3, -0.25) is 15.2 Å². The van der Waals surface area contributed by atoms with E-state index in [4.69, 9.17) is 0 Å². The minimum absolute atomic E-state index is 0.140. The van der Waals surface area contributed by atoms with Crippen molar-refractivity contribution in [3.8, 4) is 0 Å². The van der Waals surface area contributed by atoms with E-state index in [2.05, 4.69) is 10.1 Å². The third-order valence-electron chi connectivity index (χ3n) is 3.81. The Hall–Kier alpha value is -2.38. The highest BCUT2D eigenvalue weighted by atomic mass is 32.2. The highest BCUT2D eigenvalue weighted by Gasteiger charge is 2.17. The molecule has 2 N–H and O–H groups in total. The molecule has 0 aliphatic rings. The molecule has 2 rings (SSSR count). The van der Waals surface area contributed by atoms with E-state index >= 15 is 0 Å². The number of carbonyl (C=O) groups is 1. The lowest BCUT2D eigenvalue weighted by atomic mass is 10.2. The second-order valence-electron chi connectivity index (χ2n) is 5.79. The lowest BCUT2D eigenvalue weighted by Gasteiger charge is -2.20. The van der Waals surface area contributed by atoms with E-state index < -0.39 is 10.0 Å². The summed E-state index contributed by atoms with van der Waals surface area (Å²) >= 11 is 0. The number of hydrazine groups is 1. The standard InChI is InChI=1S/C18H23N3O3S/c1-4-14(2)20-25(23,24)17-12-10-15(11-13-17)18(22)19-21(3)16-8-6-5-7-9-16/h5-14,20H,4H2,1-3H3,(H,19,22)/t14-/m1/s1. The van der Waals surface area contributed by atoms with Crippen molar-refractivity contribution in [3.05, 3.63) is 60.2 Å². The van der Waals surface area contributed by atoms with E-state index in [0.717, 1.165) is 5.69 Å². The van der Waals surface area contributed by atoms with Gasteiger partial charge in [-0.1, -0.05) is 25.1 Å². The van der Waals surface area contributed by atoms with Gasteiger partial charge in [0.1, 0.15) is 0 Å². The maximum absolute atomic E-state index is 12.3. The van der Waals surface area contributed by atoms with Gasteiger partial charge >= 0.3 is 0 Å². The van der Waals surface area contributed by atoms with Gasteiger partial charge in [-0.05, 0) is 49.7 Å². The molecule has 0 heterocycles. The van der Waals surface area contributed by atoms with Gasteiger partial charge in [0.2, 0.25) is 10.0 Å². The Kier molecular flexibility index (Phi) is 6.17. The Bertz CT molecular complexity index is 805. The molecule has 0 aliphatic heterocycles. The molecule has 1 amide bonds. The van der Waals surface area contributed by atoms with Crippen molar-refractivity contribution in [2.75, 3.05) is 12.1 Å². The van der Waals surface area contributed by atoms with Crippen molar-refractivity contribution in [2.45, 2.75) is 31.2 Å². The summed E-state index contributed by atoms with van der Waals surface area (Å²) in [6.45, 7) is 3.71. The molecule has 0 saturated carbocycles. The predicted octanol–water partition coefficient (Wildman–Crippen LogP) is 2.54. The molecule has 25 heavy (non-hydrogen) atoms. The van der Waals surface area contributed by atoms with Crippen molar-refractivity contribution in [2.24, 2.45) is 0 Å². The van der Waals surface area contributed by atoms with E-state index in [9.17, 15) is 13.2 Å². The number of amides is 1. The number of anilines is 1. The van der Waals surface area contributed by atoms with E-state index in [-0.39, 0.29) is 16.8 Å². The summed E-state index contributed by atoms with van der Waals surface area (Å²) in [6, 6.07) is 15.1. The van der Waals surface area contributed by atoms with Crippen molar-refractivity contribution < 1.29 is 13.2 Å². The number of benzene rings is 2. The van der Waals surface area contributed by atoms with Crippen LogP contribution < -0.4 is 15.2 Å². The van der Waals surface area contributed by atoms with Crippen LogP contribution in [0.4, 0.5) is 5.69 Å². The van der Waals surface area contributed by atoms with Gasteiger partial charge in [-0.25, -0.2) is 13.1 Å². The van der Waals surface area contributed by atoms with E-state index in [1.54, 1.807) is 19.0 Å². The van der Waals surface area contributed by atoms with Crippen LogP contribution in [0.15, 0.2) is 59.5 Å². The van der Waals surface area contributed by atoms with Crippen LogP contribution in [0.1, 0.15) is 30.6 Å². The summed E-state index contributed by atoms with van der Waals surface area (Å²) in [5, 5.41) is 1.61. The largest absolute Gasteiger partial charge is 0.288 e. The minimum Gasteiger partial charge on any atom is -0.288 e. The average molecular weight is 361 g/mol. The first kappa shape index (κ1) is 19.0. The number of hydrogen-bond acceptors (Lipinski definition) is 4. The van der Waals surface area contributed by atoms with Crippen molar-refractivity contribution in [3.63, 3.8) is 0 Å². The normalized spacial score (nSPS) is 12.4. The predicted molar refractivity (Wildman–Crippen MR) is 98.8 cm³/mol. The Balaban J connectivity index is 2.08. The maximum Gasteiger partial charge on any atom is 0.269 e. The average Bonchev–Trinajstić information content (AvgIpc) is 2.62. The van der Waals surface area contributed by atoms with Crippen LogP contribution in [0.3, 0.4) is 0 Å². The molecule has 0 unspecified atom stereocenters. The Morgan fingerprint density at radius 3 is 2.24 bits per heavy atom. The van der Waals surface area contributed by atoms with Crippen LogP contribution in [-0.4, -0.2) is 27.4 Å². The second-order valence-corrected chi connectivity index (χ2v) is 7.50. The van der Waals surface area contributed by atoms with Crippen LogP contribution >= 0.6 is 0 Å². The van der Waals surface area contributed by atoms with Gasteiger partial charge in [-0.15, -0.1) is 0 Å². The molecular weight excluding hydrogens is 338 g/mol. The summed E-state index contributed by atoms with van der Waals surface area (Å²) in [5.74, 6) is -0.315. The molecule has 7 heteroatoms. The van der Waals surface area contributed by atoms with Crippen LogP contribution in [0.5, 0.6) is 0 Å². The van der Waals surface area contributed by atoms with Gasteiger partial charge in [-0.2, -0.15) is 0 Å². The van der Waals surface area contributed by atoms with E-state index in [1.165, 1.54) is 24.3 Å². The molecule has 6 nitrogen and oxygen atoms in total. The Labute approximate surface area is 148 Å². The lowest BCUT2D eigenvalue weighted by Crippen LogP contribution is -2.39. The molecule has 0 bridgehead atoms. The zero-order valence-electron chi connectivity index (χ0n) is 14.6. The zero-order valence-corrected chi connectivity index (χ0v) is 15.4. The highest BCUT2D eigenvalue weighted by Crippen LogP contribution is 2.13. The van der Waals surface area contributed by atoms with E-state index in [1.807, 2.05) is 37.3 Å². The fourth-order valence-corrected chi connectivity index (χ4v) is 3.46. The summed E-state index contributed by atoms with van der Waals surface area (Å²) in [5.41, 5.74) is 3.96. The molecular formula is C18H23N3O3S. The first-order valence-electron chi connectivity index (χ1n) is 8.05. The van der Waals surface area contributed by atoms with Crippen molar-refractivity contribution in [1.29, 1.82) is 0 Å². The number of rotatable bonds is 7. The molecule has 0 radical (unpaired) electrons. The maximum atomic E-state index is 12.3. The summed E-state index contributed by atoms with van der Waals surface area (Å²) in [6.07, 6.45) is 0.700. The zero-order chi connectivity index (χ0) is 18.4. The third-order valence-corrected chi connectivity index (χ3v) is 5.41. The van der Waals surface area contributed by atoms with Crippen LogP contribution in [0.2, 0.25) is 0 Å². The highest BCUT2D eigenvalue weighted by molar-refractivity contribution is 7.89. The fourth-order valence-electron chi connectivity index (χ4n) is 2.13. The number of para-hydroxylation sites is 1. The smallest absolute Gasteiger partial charge is 0.269 e. The number of sulfonamides is 1. The lowest BCUT2D eigenvalue weighted by molar-refractivity contribution is 0.0951. The Morgan fingerprint density at radius 2 is 1.68 bits per heavy atom. The molecule has 0 aromatic heterocycles. The van der Waals surface area contributed by atoms with E-state index in [0.29, 0.717) is 12.0 Å². The second kappa shape index (κ2) is 8.13. The molecule has 2 aromatic carbocycles. The first-order valence-corrected chi connectivity index (χ1v) is 9.54. The van der Waals surface area contributed by atoms with Gasteiger partial charge in [0.15, 0.2) is 0 Å². The molecule has 0 saturated heterocycles. The minimum atomic E-state index is -3.57.